The number of hydrogen-bond acceptors (Lipinski definition) is 5. The molecule has 1 aromatic carbocycles. The molecule has 2 aromatic rings. The number of likely N-dealkylation sites (tertiary alicyclic amines) is 1. The lowest BCUT2D eigenvalue weighted by atomic mass is 9.93. The Bertz CT molecular complexity index is 1210. The topological polar surface area (TPSA) is 75.6 Å². The van der Waals surface area contributed by atoms with E-state index in [9.17, 15) is 22.8 Å². The van der Waals surface area contributed by atoms with Gasteiger partial charge in [0.2, 0.25) is 0 Å². The van der Waals surface area contributed by atoms with Crippen molar-refractivity contribution in [3.05, 3.63) is 63.3 Å². The number of alkyl halides is 2. The molecule has 7 nitrogen and oxygen atoms in total. The number of anilines is 1. The van der Waals surface area contributed by atoms with Crippen molar-refractivity contribution in [2.45, 2.75) is 76.6 Å². The second-order valence-electron chi connectivity index (χ2n) is 11.1. The highest BCUT2D eigenvalue weighted by Gasteiger charge is 2.31. The Morgan fingerprint density at radius 3 is 2.50 bits per heavy atom. The fourth-order valence-corrected chi connectivity index (χ4v) is 5.37. The molecule has 0 bridgehead atoms. The summed E-state index contributed by atoms with van der Waals surface area (Å²) in [4.78, 5) is 29.0. The number of aromatic nitrogens is 1. The van der Waals surface area contributed by atoms with Crippen LogP contribution in [-0.4, -0.2) is 53.8 Å². The van der Waals surface area contributed by atoms with E-state index in [1.165, 1.54) is 18.2 Å². The van der Waals surface area contributed by atoms with Gasteiger partial charge in [0.05, 0.1) is 28.5 Å². The molecule has 2 saturated heterocycles. The summed E-state index contributed by atoms with van der Waals surface area (Å²) in [7, 11) is 2.05. The number of carbonyl (C=O) groups is 1. The van der Waals surface area contributed by atoms with Gasteiger partial charge in [-0.05, 0) is 66.6 Å². The van der Waals surface area contributed by atoms with Gasteiger partial charge < -0.3 is 24.8 Å². The summed E-state index contributed by atoms with van der Waals surface area (Å²) in [5.41, 5.74) is -0.686. The van der Waals surface area contributed by atoms with Crippen molar-refractivity contribution in [1.29, 1.82) is 0 Å². The summed E-state index contributed by atoms with van der Waals surface area (Å²) in [5.74, 6) is -1.55. The van der Waals surface area contributed by atoms with E-state index in [2.05, 4.69) is 22.6 Å². The molecule has 208 valence electrons. The van der Waals surface area contributed by atoms with Crippen LogP contribution in [0, 0.1) is 5.82 Å². The molecular formula is C28H37F3N4O3. The summed E-state index contributed by atoms with van der Waals surface area (Å²) in [6, 6.07) is 4.29. The molecule has 10 heteroatoms. The van der Waals surface area contributed by atoms with Gasteiger partial charge in [0.15, 0.2) is 0 Å². The molecule has 3 heterocycles. The first-order chi connectivity index (χ1) is 17.9. The molecule has 2 N–H and O–H groups in total. The molecule has 2 atom stereocenters. The van der Waals surface area contributed by atoms with Gasteiger partial charge in [-0.15, -0.1) is 0 Å². The zero-order chi connectivity index (χ0) is 27.6. The van der Waals surface area contributed by atoms with Crippen LogP contribution in [0.4, 0.5) is 18.9 Å². The average molecular weight is 535 g/mol. The minimum absolute atomic E-state index is 0.0273. The molecule has 4 rings (SSSR count). The van der Waals surface area contributed by atoms with E-state index in [0.717, 1.165) is 32.0 Å². The summed E-state index contributed by atoms with van der Waals surface area (Å²) >= 11 is 0. The average Bonchev–Trinajstić information content (AvgIpc) is 2.84. The van der Waals surface area contributed by atoms with E-state index in [1.807, 2.05) is 13.8 Å². The minimum Gasteiger partial charge on any atom is -0.381 e. The number of ether oxygens (including phenoxy) is 1. The number of nitrogens with zero attached hydrogens (tertiary/aromatic N) is 2. The highest BCUT2D eigenvalue weighted by atomic mass is 19.3. The Kier molecular flexibility index (Phi) is 8.52. The minimum atomic E-state index is -2.96. The molecule has 0 radical (unpaired) electrons. The van der Waals surface area contributed by atoms with Crippen LogP contribution < -0.4 is 16.2 Å². The first-order valence-corrected chi connectivity index (χ1v) is 13.2. The van der Waals surface area contributed by atoms with E-state index in [1.54, 1.807) is 17.7 Å². The fourth-order valence-electron chi connectivity index (χ4n) is 5.37. The third-order valence-electron chi connectivity index (χ3n) is 7.58. The molecule has 1 aromatic heterocycles. The standard InChI is InChI=1S/C28H37F3N4O3/c1-17(20-6-5-7-21(25(20)29)26(30)31)32-27(37)22-16-35(19-10-13-38-28(2,3)15-19)24(36)14-23(22)33-18-8-11-34(4)12-9-18/h5-7,14,16-19,26,33H,8-13,15H2,1-4H3,(H,32,37)/t17-,19?/m1/s1. The van der Waals surface area contributed by atoms with Gasteiger partial charge in [0.1, 0.15) is 5.82 Å². The van der Waals surface area contributed by atoms with Crippen LogP contribution in [0.3, 0.4) is 0 Å². The lowest BCUT2D eigenvalue weighted by molar-refractivity contribution is -0.0695. The van der Waals surface area contributed by atoms with Crippen molar-refractivity contribution in [3.63, 3.8) is 0 Å². The number of carbonyl (C=O) groups excluding carboxylic acids is 1. The van der Waals surface area contributed by atoms with Gasteiger partial charge in [-0.2, -0.15) is 0 Å². The molecule has 1 unspecified atom stereocenters. The third kappa shape index (κ3) is 6.40. The Morgan fingerprint density at radius 1 is 1.16 bits per heavy atom. The van der Waals surface area contributed by atoms with Crippen LogP contribution in [-0.2, 0) is 4.74 Å². The molecule has 1 amide bonds. The predicted octanol–water partition coefficient (Wildman–Crippen LogP) is 5.05. The normalized spacial score (nSPS) is 21.3. The lowest BCUT2D eigenvalue weighted by Crippen LogP contribution is -2.40. The summed E-state index contributed by atoms with van der Waals surface area (Å²) < 4.78 is 48.6. The highest BCUT2D eigenvalue weighted by Crippen LogP contribution is 2.32. The number of piperidine rings is 1. The van der Waals surface area contributed by atoms with Crippen molar-refractivity contribution in [2.75, 3.05) is 32.1 Å². The van der Waals surface area contributed by atoms with Gasteiger partial charge in [-0.1, -0.05) is 18.2 Å². The van der Waals surface area contributed by atoms with Crippen molar-refractivity contribution < 1.29 is 22.7 Å². The largest absolute Gasteiger partial charge is 0.381 e. The molecule has 0 aliphatic carbocycles. The van der Waals surface area contributed by atoms with Gasteiger partial charge >= 0.3 is 0 Å². The molecule has 2 aliphatic heterocycles. The van der Waals surface area contributed by atoms with E-state index in [-0.39, 0.29) is 28.8 Å². The highest BCUT2D eigenvalue weighted by molar-refractivity contribution is 5.99. The Morgan fingerprint density at radius 2 is 1.84 bits per heavy atom. The molecule has 0 saturated carbocycles. The lowest BCUT2D eigenvalue weighted by Gasteiger charge is -2.36. The Balaban J connectivity index is 1.66. The number of amides is 1. The van der Waals surface area contributed by atoms with Crippen LogP contribution >= 0.6 is 0 Å². The van der Waals surface area contributed by atoms with E-state index >= 15 is 0 Å². The number of hydrogen-bond donors (Lipinski definition) is 2. The van der Waals surface area contributed by atoms with Gasteiger partial charge in [-0.25, -0.2) is 13.2 Å². The van der Waals surface area contributed by atoms with Crippen LogP contribution in [0.15, 0.2) is 35.3 Å². The van der Waals surface area contributed by atoms with Gasteiger partial charge in [0, 0.05) is 36.5 Å². The van der Waals surface area contributed by atoms with Crippen LogP contribution in [0.25, 0.3) is 0 Å². The van der Waals surface area contributed by atoms with E-state index < -0.39 is 35.4 Å². The molecule has 0 spiro atoms. The van der Waals surface area contributed by atoms with E-state index in [0.29, 0.717) is 25.1 Å². The monoisotopic (exact) mass is 534 g/mol. The second kappa shape index (κ2) is 11.5. The number of halogens is 3. The smallest absolute Gasteiger partial charge is 0.266 e. The molecule has 2 fully saturated rings. The number of pyridine rings is 1. The molecule has 38 heavy (non-hydrogen) atoms. The van der Waals surface area contributed by atoms with Gasteiger partial charge in [-0.3, -0.25) is 9.59 Å². The summed E-state index contributed by atoms with van der Waals surface area (Å²) in [6.45, 7) is 7.77. The third-order valence-corrected chi connectivity index (χ3v) is 7.58. The maximum atomic E-state index is 14.8. The van der Waals surface area contributed by atoms with Crippen LogP contribution in [0.1, 0.15) is 86.4 Å². The van der Waals surface area contributed by atoms with Crippen molar-refractivity contribution in [3.8, 4) is 0 Å². The van der Waals surface area contributed by atoms with E-state index in [4.69, 9.17) is 4.74 Å². The van der Waals surface area contributed by atoms with Crippen molar-refractivity contribution in [1.82, 2.24) is 14.8 Å². The first-order valence-electron chi connectivity index (χ1n) is 13.2. The van der Waals surface area contributed by atoms with Crippen LogP contribution in [0.2, 0.25) is 0 Å². The summed E-state index contributed by atoms with van der Waals surface area (Å²) in [5, 5.41) is 6.15. The number of rotatable bonds is 7. The summed E-state index contributed by atoms with van der Waals surface area (Å²) in [6.07, 6.45) is 1.56. The second-order valence-corrected chi connectivity index (χ2v) is 11.1. The first kappa shape index (κ1) is 28.2. The van der Waals surface area contributed by atoms with Gasteiger partial charge in [0.25, 0.3) is 17.9 Å². The SMILES string of the molecule is C[C@@H](NC(=O)c1cn(C2CCOC(C)(C)C2)c(=O)cc1NC1CCN(C)CC1)c1cccc(C(F)F)c1F. The Labute approximate surface area is 221 Å². The zero-order valence-electron chi connectivity index (χ0n) is 22.4. The molecular weight excluding hydrogens is 497 g/mol. The van der Waals surface area contributed by atoms with Crippen molar-refractivity contribution >= 4 is 11.6 Å². The fraction of sp³-hybridized carbons (Fsp3) is 0.571. The quantitative estimate of drug-likeness (QED) is 0.520. The zero-order valence-corrected chi connectivity index (χ0v) is 22.4. The Hall–Kier alpha value is -2.85. The maximum Gasteiger partial charge on any atom is 0.266 e. The maximum absolute atomic E-state index is 14.8. The predicted molar refractivity (Wildman–Crippen MR) is 140 cm³/mol. The number of benzene rings is 1. The number of nitrogens with one attached hydrogen (secondary N) is 2. The van der Waals surface area contributed by atoms with Crippen molar-refractivity contribution in [2.24, 2.45) is 0 Å². The molecule has 2 aliphatic rings. The van der Waals surface area contributed by atoms with Crippen LogP contribution in [0.5, 0.6) is 0 Å².